The van der Waals surface area contributed by atoms with E-state index in [0.29, 0.717) is 5.58 Å². The van der Waals surface area contributed by atoms with Crippen molar-refractivity contribution in [3.05, 3.63) is 35.1 Å². The highest BCUT2D eigenvalue weighted by Crippen LogP contribution is 2.36. The lowest BCUT2D eigenvalue weighted by atomic mass is 9.84. The molecule has 20 heavy (non-hydrogen) atoms. The molecule has 0 aliphatic rings. The zero-order chi connectivity index (χ0) is 14.9. The zero-order valence-electron chi connectivity index (χ0n) is 12.6. The second-order valence-corrected chi connectivity index (χ2v) is 6.30. The number of aromatic carboxylic acids is 1. The van der Waals surface area contributed by atoms with E-state index in [4.69, 9.17) is 4.42 Å². The van der Waals surface area contributed by atoms with Crippen molar-refractivity contribution >= 4 is 16.9 Å². The lowest BCUT2D eigenvalue weighted by molar-refractivity contribution is 0.0661. The van der Waals surface area contributed by atoms with Crippen molar-refractivity contribution in [2.75, 3.05) is 0 Å². The fourth-order valence-corrected chi connectivity index (χ4v) is 2.58. The minimum atomic E-state index is -0.999. The fourth-order valence-electron chi connectivity index (χ4n) is 2.58. The number of carboxylic acid groups (broad SMARTS) is 1. The van der Waals surface area contributed by atoms with Crippen LogP contribution in [0.5, 0.6) is 0 Å². The molecule has 1 aromatic carbocycles. The number of aryl methyl sites for hydroxylation is 1. The first kappa shape index (κ1) is 14.6. The van der Waals surface area contributed by atoms with Crippen molar-refractivity contribution < 1.29 is 14.3 Å². The fraction of sp³-hybridized carbons (Fsp3) is 0.471. The summed E-state index contributed by atoms with van der Waals surface area (Å²) in [7, 11) is 0. The highest BCUT2D eigenvalue weighted by atomic mass is 16.4. The quantitative estimate of drug-likeness (QED) is 0.873. The Labute approximate surface area is 119 Å². The number of rotatable bonds is 4. The summed E-state index contributed by atoms with van der Waals surface area (Å²) in [6, 6.07) is 6.00. The minimum Gasteiger partial charge on any atom is -0.475 e. The van der Waals surface area contributed by atoms with Crippen LogP contribution in [-0.2, 0) is 11.8 Å². The van der Waals surface area contributed by atoms with E-state index in [1.54, 1.807) is 0 Å². The lowest BCUT2D eigenvalue weighted by Crippen LogP contribution is -2.15. The van der Waals surface area contributed by atoms with Gasteiger partial charge in [-0.2, -0.15) is 0 Å². The molecule has 0 saturated heterocycles. The summed E-state index contributed by atoms with van der Waals surface area (Å²) in [6.07, 6.45) is 3.31. The Balaban J connectivity index is 2.63. The van der Waals surface area contributed by atoms with E-state index in [1.807, 2.05) is 32.9 Å². The number of benzene rings is 1. The van der Waals surface area contributed by atoms with Crippen LogP contribution >= 0.6 is 0 Å². The maximum Gasteiger partial charge on any atom is 0.372 e. The molecular formula is C17H22O3. The summed E-state index contributed by atoms with van der Waals surface area (Å²) in [5.74, 6) is -0.929. The summed E-state index contributed by atoms with van der Waals surface area (Å²) in [6.45, 7) is 8.22. The molecule has 0 aliphatic heterocycles. The zero-order valence-corrected chi connectivity index (χ0v) is 12.6. The molecule has 3 nitrogen and oxygen atoms in total. The summed E-state index contributed by atoms with van der Waals surface area (Å²) in [5.41, 5.74) is 2.43. The minimum absolute atomic E-state index is 0.0696. The van der Waals surface area contributed by atoms with Crippen LogP contribution < -0.4 is 0 Å². The normalized spacial score (nSPS) is 12.0. The largest absolute Gasteiger partial charge is 0.475 e. The van der Waals surface area contributed by atoms with E-state index in [9.17, 15) is 9.90 Å². The Morgan fingerprint density at radius 3 is 2.55 bits per heavy atom. The van der Waals surface area contributed by atoms with Gasteiger partial charge in [0.2, 0.25) is 5.76 Å². The molecule has 108 valence electrons. The number of unbranched alkanes of at least 4 members (excludes halogenated alkanes) is 1. The number of hydrogen-bond acceptors (Lipinski definition) is 2. The Morgan fingerprint density at radius 1 is 1.30 bits per heavy atom. The van der Waals surface area contributed by atoms with Crippen LogP contribution in [0.25, 0.3) is 11.0 Å². The Hall–Kier alpha value is -1.77. The number of hydrogen-bond donors (Lipinski definition) is 1. The van der Waals surface area contributed by atoms with Crippen LogP contribution in [0.2, 0.25) is 0 Å². The highest BCUT2D eigenvalue weighted by Gasteiger charge is 2.28. The van der Waals surface area contributed by atoms with Gasteiger partial charge in [-0.05, 0) is 36.0 Å². The monoisotopic (exact) mass is 274 g/mol. The van der Waals surface area contributed by atoms with Crippen molar-refractivity contribution in [3.63, 3.8) is 0 Å². The number of fused-ring (bicyclic) bond motifs is 1. The van der Waals surface area contributed by atoms with Gasteiger partial charge in [-0.25, -0.2) is 4.79 Å². The van der Waals surface area contributed by atoms with Gasteiger partial charge < -0.3 is 9.52 Å². The van der Waals surface area contributed by atoms with Crippen molar-refractivity contribution in [1.82, 2.24) is 0 Å². The molecule has 2 rings (SSSR count). The SMILES string of the molecule is CCCCc1ccc2oc(C(=O)O)c(C(C)(C)C)c2c1. The van der Waals surface area contributed by atoms with Gasteiger partial charge in [0.05, 0.1) is 0 Å². The predicted octanol–water partition coefficient (Wildman–Crippen LogP) is 4.77. The summed E-state index contributed by atoms with van der Waals surface area (Å²) < 4.78 is 5.55. The maximum atomic E-state index is 11.4. The second-order valence-electron chi connectivity index (χ2n) is 6.30. The van der Waals surface area contributed by atoms with Gasteiger partial charge in [-0.3, -0.25) is 0 Å². The molecule has 0 bridgehead atoms. The van der Waals surface area contributed by atoms with E-state index < -0.39 is 5.97 Å². The molecule has 0 radical (unpaired) electrons. The predicted molar refractivity (Wildman–Crippen MR) is 80.5 cm³/mol. The van der Waals surface area contributed by atoms with Crippen LogP contribution in [0.1, 0.15) is 62.2 Å². The van der Waals surface area contributed by atoms with E-state index in [-0.39, 0.29) is 11.2 Å². The molecule has 2 aromatic rings. The van der Waals surface area contributed by atoms with Gasteiger partial charge in [0.1, 0.15) is 5.58 Å². The Morgan fingerprint density at radius 2 is 2.00 bits per heavy atom. The molecule has 0 saturated carbocycles. The molecule has 3 heteroatoms. The van der Waals surface area contributed by atoms with E-state index in [0.717, 1.165) is 30.2 Å². The first-order chi connectivity index (χ1) is 9.34. The van der Waals surface area contributed by atoms with Crippen molar-refractivity contribution in [1.29, 1.82) is 0 Å². The smallest absolute Gasteiger partial charge is 0.372 e. The average Bonchev–Trinajstić information content (AvgIpc) is 2.74. The lowest BCUT2D eigenvalue weighted by Gasteiger charge is -2.18. The van der Waals surface area contributed by atoms with Gasteiger partial charge in [-0.15, -0.1) is 0 Å². The first-order valence-corrected chi connectivity index (χ1v) is 7.13. The average molecular weight is 274 g/mol. The second kappa shape index (κ2) is 5.31. The molecule has 0 aliphatic carbocycles. The van der Waals surface area contributed by atoms with Crippen LogP contribution in [0, 0.1) is 0 Å². The molecule has 0 spiro atoms. The van der Waals surface area contributed by atoms with Crippen LogP contribution in [0.3, 0.4) is 0 Å². The van der Waals surface area contributed by atoms with Gasteiger partial charge in [0.25, 0.3) is 0 Å². The van der Waals surface area contributed by atoms with Crippen LogP contribution in [0.15, 0.2) is 22.6 Å². The molecule has 0 atom stereocenters. The van der Waals surface area contributed by atoms with Crippen molar-refractivity contribution in [3.8, 4) is 0 Å². The molecule has 1 N–H and O–H groups in total. The third kappa shape index (κ3) is 2.72. The molecule has 0 unspecified atom stereocenters. The third-order valence-corrected chi connectivity index (χ3v) is 3.52. The van der Waals surface area contributed by atoms with Gasteiger partial charge >= 0.3 is 5.97 Å². The van der Waals surface area contributed by atoms with Gasteiger partial charge in [0.15, 0.2) is 0 Å². The van der Waals surface area contributed by atoms with Crippen LogP contribution in [0.4, 0.5) is 0 Å². The molecule has 0 amide bonds. The topological polar surface area (TPSA) is 50.4 Å². The third-order valence-electron chi connectivity index (χ3n) is 3.52. The van der Waals surface area contributed by atoms with Crippen molar-refractivity contribution in [2.45, 2.75) is 52.4 Å². The summed E-state index contributed by atoms with van der Waals surface area (Å²) in [4.78, 5) is 11.4. The number of furan rings is 1. The van der Waals surface area contributed by atoms with E-state index in [2.05, 4.69) is 13.0 Å². The summed E-state index contributed by atoms with van der Waals surface area (Å²) >= 11 is 0. The number of carboxylic acids is 1. The Kier molecular flexibility index (Phi) is 3.89. The van der Waals surface area contributed by atoms with Gasteiger partial charge in [0, 0.05) is 10.9 Å². The van der Waals surface area contributed by atoms with Crippen molar-refractivity contribution in [2.24, 2.45) is 0 Å². The van der Waals surface area contributed by atoms with Crippen LogP contribution in [-0.4, -0.2) is 11.1 Å². The highest BCUT2D eigenvalue weighted by molar-refractivity contribution is 5.96. The molecule has 0 fully saturated rings. The summed E-state index contributed by atoms with van der Waals surface area (Å²) in [5, 5.41) is 10.3. The molecule has 1 aromatic heterocycles. The van der Waals surface area contributed by atoms with E-state index in [1.165, 1.54) is 5.56 Å². The standard InChI is InChI=1S/C17H22O3/c1-5-6-7-11-8-9-13-12(10-11)14(17(2,3)4)15(20-13)16(18)19/h8-10H,5-7H2,1-4H3,(H,18,19). The molecule has 1 heterocycles. The van der Waals surface area contributed by atoms with Gasteiger partial charge in [-0.1, -0.05) is 40.2 Å². The first-order valence-electron chi connectivity index (χ1n) is 7.13. The molecular weight excluding hydrogens is 252 g/mol. The maximum absolute atomic E-state index is 11.4. The number of carbonyl (C=O) groups is 1. The van der Waals surface area contributed by atoms with E-state index >= 15 is 0 Å². The Bertz CT molecular complexity index is 629.